The fourth-order valence-electron chi connectivity index (χ4n) is 4.49. The molecule has 1 spiro atoms. The molecular weight excluding hydrogens is 352 g/mol. The van der Waals surface area contributed by atoms with Crippen LogP contribution in [-0.4, -0.2) is 54.5 Å². The highest BCUT2D eigenvalue weighted by molar-refractivity contribution is 6.15. The van der Waals surface area contributed by atoms with E-state index in [2.05, 4.69) is 22.5 Å². The Bertz CT molecular complexity index is 690. The Morgan fingerprint density at radius 3 is 2.73 bits per heavy atom. The first-order chi connectivity index (χ1) is 12.1. The van der Waals surface area contributed by atoms with E-state index in [4.69, 9.17) is 0 Å². The predicted octanol–water partition coefficient (Wildman–Crippen LogP) is 2.00. The first-order valence-electron chi connectivity index (χ1n) is 9.30. The molecule has 1 aromatic carbocycles. The van der Waals surface area contributed by atoms with Gasteiger partial charge < -0.3 is 10.6 Å². The summed E-state index contributed by atoms with van der Waals surface area (Å²) in [6, 6.07) is 7.99. The molecule has 1 saturated carbocycles. The van der Waals surface area contributed by atoms with Crippen molar-refractivity contribution in [3.63, 3.8) is 0 Å². The van der Waals surface area contributed by atoms with Gasteiger partial charge in [-0.05, 0) is 31.9 Å². The highest BCUT2D eigenvalue weighted by Crippen LogP contribution is 2.45. The Kier molecular flexibility index (Phi) is 5.55. The van der Waals surface area contributed by atoms with Crippen molar-refractivity contribution < 1.29 is 9.59 Å². The number of carbonyl (C=O) groups is 2. The number of benzene rings is 1. The van der Waals surface area contributed by atoms with Crippen LogP contribution in [-0.2, 0) is 9.59 Å². The molecular formula is C19H27ClN4O2. The van der Waals surface area contributed by atoms with Gasteiger partial charge in [-0.2, -0.15) is 0 Å². The highest BCUT2D eigenvalue weighted by Gasteiger charge is 2.52. The summed E-state index contributed by atoms with van der Waals surface area (Å²) in [4.78, 5) is 30.3. The Hall–Kier alpha value is -1.63. The van der Waals surface area contributed by atoms with E-state index in [1.165, 1.54) is 0 Å². The Labute approximate surface area is 160 Å². The normalized spacial score (nSPS) is 24.7. The van der Waals surface area contributed by atoms with Crippen molar-refractivity contribution in [2.45, 2.75) is 44.2 Å². The fourth-order valence-corrected chi connectivity index (χ4v) is 4.49. The lowest BCUT2D eigenvalue weighted by Gasteiger charge is -2.45. The standard InChI is InChI=1S/C19H26N4O2.ClH/c1-14-12-20-10-11-22(14)13-17(24)23-16-7-3-2-6-15(16)21-18(25)19(23)8-4-5-9-19;/h2-3,6-7,14,20H,4-5,8-13H2,1H3,(H,21,25);1H/t14-;/m1./s1. The summed E-state index contributed by atoms with van der Waals surface area (Å²) in [5.41, 5.74) is 0.881. The summed E-state index contributed by atoms with van der Waals surface area (Å²) >= 11 is 0. The molecule has 1 aliphatic carbocycles. The quantitative estimate of drug-likeness (QED) is 0.826. The van der Waals surface area contributed by atoms with Crippen LogP contribution in [0.2, 0.25) is 0 Å². The van der Waals surface area contributed by atoms with E-state index < -0.39 is 5.54 Å². The molecule has 1 atom stereocenters. The summed E-state index contributed by atoms with van der Waals surface area (Å²) in [5, 5.41) is 6.39. The Balaban J connectivity index is 0.00000196. The van der Waals surface area contributed by atoms with Gasteiger partial charge in [0.25, 0.3) is 5.91 Å². The van der Waals surface area contributed by atoms with Crippen LogP contribution < -0.4 is 15.5 Å². The van der Waals surface area contributed by atoms with Gasteiger partial charge in [0.15, 0.2) is 0 Å². The van der Waals surface area contributed by atoms with Crippen LogP contribution in [0.4, 0.5) is 11.4 Å². The van der Waals surface area contributed by atoms with Crippen molar-refractivity contribution in [2.75, 3.05) is 36.4 Å². The van der Waals surface area contributed by atoms with Crippen LogP contribution in [0.1, 0.15) is 32.6 Å². The third kappa shape index (κ3) is 3.10. The molecule has 142 valence electrons. The number of fused-ring (bicyclic) bond motifs is 1. The van der Waals surface area contributed by atoms with E-state index >= 15 is 0 Å². The maximum Gasteiger partial charge on any atom is 0.250 e. The molecule has 4 rings (SSSR count). The first kappa shape index (κ1) is 19.1. The van der Waals surface area contributed by atoms with Crippen LogP contribution in [0.5, 0.6) is 0 Å². The topological polar surface area (TPSA) is 64.7 Å². The monoisotopic (exact) mass is 378 g/mol. The summed E-state index contributed by atoms with van der Waals surface area (Å²) in [5.74, 6) is 0.0170. The number of nitrogens with one attached hydrogen (secondary N) is 2. The summed E-state index contributed by atoms with van der Waals surface area (Å²) in [6.07, 6.45) is 3.47. The van der Waals surface area contributed by atoms with Gasteiger partial charge >= 0.3 is 0 Å². The van der Waals surface area contributed by atoms with E-state index in [0.717, 1.165) is 56.7 Å². The third-order valence-corrected chi connectivity index (χ3v) is 5.90. The minimum absolute atomic E-state index is 0. The average molecular weight is 379 g/mol. The van der Waals surface area contributed by atoms with Crippen molar-refractivity contribution >= 4 is 35.6 Å². The largest absolute Gasteiger partial charge is 0.322 e. The van der Waals surface area contributed by atoms with Gasteiger partial charge in [-0.1, -0.05) is 25.0 Å². The van der Waals surface area contributed by atoms with E-state index in [9.17, 15) is 9.59 Å². The Morgan fingerprint density at radius 2 is 2.00 bits per heavy atom. The van der Waals surface area contributed by atoms with Gasteiger partial charge in [-0.15, -0.1) is 12.4 Å². The van der Waals surface area contributed by atoms with Crippen molar-refractivity contribution in [3.8, 4) is 0 Å². The highest BCUT2D eigenvalue weighted by atomic mass is 35.5. The number of amides is 2. The molecule has 7 heteroatoms. The van der Waals surface area contributed by atoms with E-state index in [1.807, 2.05) is 29.2 Å². The molecule has 0 bridgehead atoms. The molecule has 3 aliphatic rings. The molecule has 0 unspecified atom stereocenters. The van der Waals surface area contributed by atoms with Gasteiger partial charge in [-0.25, -0.2) is 0 Å². The lowest BCUT2D eigenvalue weighted by Crippen LogP contribution is -2.63. The smallest absolute Gasteiger partial charge is 0.250 e. The van der Waals surface area contributed by atoms with Crippen LogP contribution in [0.3, 0.4) is 0 Å². The maximum absolute atomic E-state index is 13.4. The molecule has 6 nitrogen and oxygen atoms in total. The summed E-state index contributed by atoms with van der Waals surface area (Å²) < 4.78 is 0. The summed E-state index contributed by atoms with van der Waals surface area (Å²) in [6.45, 7) is 5.17. The van der Waals surface area contributed by atoms with Crippen molar-refractivity contribution in [1.29, 1.82) is 0 Å². The zero-order valence-electron chi connectivity index (χ0n) is 15.2. The van der Waals surface area contributed by atoms with Crippen LogP contribution in [0, 0.1) is 0 Å². The predicted molar refractivity (Wildman–Crippen MR) is 105 cm³/mol. The van der Waals surface area contributed by atoms with Gasteiger partial charge in [-0.3, -0.25) is 19.4 Å². The van der Waals surface area contributed by atoms with E-state index in [1.54, 1.807) is 0 Å². The van der Waals surface area contributed by atoms with Crippen LogP contribution >= 0.6 is 12.4 Å². The van der Waals surface area contributed by atoms with Crippen molar-refractivity contribution in [1.82, 2.24) is 10.2 Å². The first-order valence-corrected chi connectivity index (χ1v) is 9.30. The van der Waals surface area contributed by atoms with E-state index in [-0.39, 0.29) is 24.2 Å². The molecule has 1 saturated heterocycles. The molecule has 0 radical (unpaired) electrons. The van der Waals surface area contributed by atoms with E-state index in [0.29, 0.717) is 12.6 Å². The molecule has 2 aliphatic heterocycles. The SMILES string of the molecule is C[C@@H]1CNCCN1CC(=O)N1c2ccccc2NC(=O)C12CCCC2.Cl. The van der Waals surface area contributed by atoms with Crippen molar-refractivity contribution in [3.05, 3.63) is 24.3 Å². The minimum atomic E-state index is -0.706. The molecule has 0 aromatic heterocycles. The molecule has 26 heavy (non-hydrogen) atoms. The average Bonchev–Trinajstić information content (AvgIpc) is 3.08. The molecule has 2 amide bonds. The lowest BCUT2D eigenvalue weighted by atomic mass is 9.89. The lowest BCUT2D eigenvalue weighted by molar-refractivity contribution is -0.128. The number of nitrogens with zero attached hydrogens (tertiary/aromatic N) is 2. The summed E-state index contributed by atoms with van der Waals surface area (Å²) in [7, 11) is 0. The third-order valence-electron chi connectivity index (χ3n) is 5.90. The number of hydrogen-bond acceptors (Lipinski definition) is 4. The van der Waals surface area contributed by atoms with Crippen molar-refractivity contribution in [2.24, 2.45) is 0 Å². The second-order valence-electron chi connectivity index (χ2n) is 7.46. The van der Waals surface area contributed by atoms with Gasteiger partial charge in [0.2, 0.25) is 5.91 Å². The number of halogens is 1. The molecule has 2 fully saturated rings. The number of carbonyl (C=O) groups excluding carboxylic acids is 2. The zero-order chi connectivity index (χ0) is 17.4. The minimum Gasteiger partial charge on any atom is -0.322 e. The van der Waals surface area contributed by atoms with Crippen LogP contribution in [0.25, 0.3) is 0 Å². The van der Waals surface area contributed by atoms with Gasteiger partial charge in [0, 0.05) is 25.7 Å². The second-order valence-corrected chi connectivity index (χ2v) is 7.46. The number of anilines is 2. The number of hydrogen-bond donors (Lipinski definition) is 2. The maximum atomic E-state index is 13.4. The van der Waals surface area contributed by atoms with Gasteiger partial charge in [0.05, 0.1) is 17.9 Å². The zero-order valence-corrected chi connectivity index (χ0v) is 16.0. The number of piperazine rings is 1. The molecule has 2 heterocycles. The molecule has 1 aromatic rings. The van der Waals surface area contributed by atoms with Crippen LogP contribution in [0.15, 0.2) is 24.3 Å². The second kappa shape index (κ2) is 7.55. The fraction of sp³-hybridized carbons (Fsp3) is 0.579. The number of rotatable bonds is 2. The number of para-hydroxylation sites is 2. The molecule has 2 N–H and O–H groups in total. The van der Waals surface area contributed by atoms with Gasteiger partial charge in [0.1, 0.15) is 5.54 Å². The Morgan fingerprint density at radius 1 is 1.27 bits per heavy atom.